The first-order chi connectivity index (χ1) is 10.3. The Morgan fingerprint density at radius 1 is 1.26 bits per heavy atom. The molecule has 0 spiro atoms. The predicted molar refractivity (Wildman–Crippen MR) is 94.6 cm³/mol. The summed E-state index contributed by atoms with van der Waals surface area (Å²) >= 11 is 0. The molecule has 23 heavy (non-hydrogen) atoms. The summed E-state index contributed by atoms with van der Waals surface area (Å²) in [6.45, 7) is 5.46. The Kier molecular flexibility index (Phi) is 9.03. The van der Waals surface area contributed by atoms with Gasteiger partial charge in [0.15, 0.2) is 0 Å². The molecule has 1 amide bonds. The van der Waals surface area contributed by atoms with Crippen molar-refractivity contribution in [3.8, 4) is 0 Å². The number of aromatic nitrogens is 1. The van der Waals surface area contributed by atoms with Crippen molar-refractivity contribution in [1.82, 2.24) is 4.57 Å². The number of hydrogen-bond acceptors (Lipinski definition) is 3. The molecule has 0 saturated heterocycles. The number of benzene rings is 1. The third kappa shape index (κ3) is 6.74. The number of carbonyl (C=O) groups is 2. The highest BCUT2D eigenvalue weighted by Crippen LogP contribution is 2.20. The van der Waals surface area contributed by atoms with E-state index in [0.29, 0.717) is 12.8 Å². The predicted octanol–water partition coefficient (Wildman–Crippen LogP) is 2.98. The highest BCUT2D eigenvalue weighted by molar-refractivity contribution is 5.88. The molecule has 0 aliphatic carbocycles. The number of carbonyl (C=O) groups excluding carboxylic acids is 2. The van der Waals surface area contributed by atoms with Crippen molar-refractivity contribution in [3.63, 3.8) is 0 Å². The van der Waals surface area contributed by atoms with Crippen LogP contribution in [0.5, 0.6) is 0 Å². The summed E-state index contributed by atoms with van der Waals surface area (Å²) in [5.41, 5.74) is 7.30. The summed E-state index contributed by atoms with van der Waals surface area (Å²) < 4.78 is 6.77. The van der Waals surface area contributed by atoms with Crippen LogP contribution in [0.4, 0.5) is 0 Å². The van der Waals surface area contributed by atoms with Crippen LogP contribution in [0.2, 0.25) is 0 Å². The van der Waals surface area contributed by atoms with Gasteiger partial charge >= 0.3 is 5.97 Å². The number of halogens is 1. The number of fused-ring (bicyclic) bond motifs is 1. The molecular weight excluding hydrogens is 316 g/mol. The standard InChI is InChI=1S/C11H12N2O.C6H12O2.ClH/c1-13-7-8(6-11(12)14)9-4-2-3-5-10(9)13;1-4-6(7)8-5(2)3;/h2-5,7H,6H2,1H3,(H2,12,14);5H,4H2,1-3H3;1H. The lowest BCUT2D eigenvalue weighted by Gasteiger charge is -2.04. The first kappa shape index (κ1) is 21.0. The van der Waals surface area contributed by atoms with E-state index in [2.05, 4.69) is 0 Å². The number of primary amides is 1. The number of nitrogens with two attached hydrogens (primary N) is 1. The van der Waals surface area contributed by atoms with Crippen LogP contribution in [0.15, 0.2) is 30.5 Å². The number of ether oxygens (including phenoxy) is 1. The Morgan fingerprint density at radius 2 is 1.87 bits per heavy atom. The van der Waals surface area contributed by atoms with Gasteiger partial charge in [0.1, 0.15) is 0 Å². The van der Waals surface area contributed by atoms with E-state index in [9.17, 15) is 9.59 Å². The minimum absolute atomic E-state index is 0. The van der Waals surface area contributed by atoms with Crippen molar-refractivity contribution in [2.75, 3.05) is 0 Å². The molecule has 2 aromatic rings. The van der Waals surface area contributed by atoms with Crippen molar-refractivity contribution >= 4 is 35.2 Å². The normalized spacial score (nSPS) is 9.78. The number of nitrogens with zero attached hydrogens (tertiary/aromatic N) is 1. The Hall–Kier alpha value is -2.01. The van der Waals surface area contributed by atoms with E-state index in [0.717, 1.165) is 16.5 Å². The summed E-state index contributed by atoms with van der Waals surface area (Å²) in [5, 5.41) is 1.11. The summed E-state index contributed by atoms with van der Waals surface area (Å²) in [6.07, 6.45) is 2.76. The monoisotopic (exact) mass is 340 g/mol. The maximum atomic E-state index is 10.8. The molecule has 5 nitrogen and oxygen atoms in total. The van der Waals surface area contributed by atoms with Gasteiger partial charge in [0, 0.05) is 30.6 Å². The number of amides is 1. The van der Waals surface area contributed by atoms with Crippen molar-refractivity contribution in [1.29, 1.82) is 0 Å². The van der Waals surface area contributed by atoms with E-state index in [-0.39, 0.29) is 30.4 Å². The number of rotatable bonds is 4. The molecule has 0 radical (unpaired) electrons. The fourth-order valence-corrected chi connectivity index (χ4v) is 2.10. The highest BCUT2D eigenvalue weighted by Gasteiger charge is 2.07. The molecule has 0 fully saturated rings. The van der Waals surface area contributed by atoms with E-state index in [4.69, 9.17) is 10.5 Å². The third-order valence-electron chi connectivity index (χ3n) is 3.00. The molecule has 0 bridgehead atoms. The fourth-order valence-electron chi connectivity index (χ4n) is 2.10. The second-order valence-electron chi connectivity index (χ2n) is 5.32. The van der Waals surface area contributed by atoms with Gasteiger partial charge in [0.2, 0.25) is 5.91 Å². The molecule has 1 heterocycles. The van der Waals surface area contributed by atoms with Crippen LogP contribution in [-0.2, 0) is 27.8 Å². The number of para-hydroxylation sites is 1. The average Bonchev–Trinajstić information content (AvgIpc) is 2.75. The molecule has 0 aliphatic rings. The van der Waals surface area contributed by atoms with Crippen molar-refractivity contribution in [3.05, 3.63) is 36.0 Å². The van der Waals surface area contributed by atoms with Gasteiger partial charge in [-0.1, -0.05) is 25.1 Å². The second-order valence-corrected chi connectivity index (χ2v) is 5.32. The van der Waals surface area contributed by atoms with Crippen LogP contribution in [0, 0.1) is 0 Å². The largest absolute Gasteiger partial charge is 0.463 e. The quantitative estimate of drug-likeness (QED) is 0.869. The Bertz CT molecular complexity index is 650. The number of aryl methyl sites for hydroxylation is 1. The maximum absolute atomic E-state index is 10.8. The van der Waals surface area contributed by atoms with Gasteiger partial charge in [0.05, 0.1) is 12.5 Å². The van der Waals surface area contributed by atoms with E-state index < -0.39 is 0 Å². The highest BCUT2D eigenvalue weighted by atomic mass is 35.5. The Labute approximate surface area is 143 Å². The lowest BCUT2D eigenvalue weighted by atomic mass is 10.1. The third-order valence-corrected chi connectivity index (χ3v) is 3.00. The fraction of sp³-hybridized carbons (Fsp3) is 0.412. The Balaban J connectivity index is 0.000000469. The summed E-state index contributed by atoms with van der Waals surface area (Å²) in [4.78, 5) is 21.2. The molecule has 1 aromatic carbocycles. The van der Waals surface area contributed by atoms with Crippen LogP contribution in [0.1, 0.15) is 32.8 Å². The van der Waals surface area contributed by atoms with Gasteiger partial charge in [-0.2, -0.15) is 0 Å². The minimum Gasteiger partial charge on any atom is -0.463 e. The Morgan fingerprint density at radius 3 is 2.35 bits per heavy atom. The molecule has 2 N–H and O–H groups in total. The van der Waals surface area contributed by atoms with Crippen molar-refractivity contribution in [2.24, 2.45) is 12.8 Å². The van der Waals surface area contributed by atoms with Gasteiger partial charge in [-0.3, -0.25) is 9.59 Å². The van der Waals surface area contributed by atoms with E-state index >= 15 is 0 Å². The molecule has 6 heteroatoms. The van der Waals surface area contributed by atoms with Crippen LogP contribution < -0.4 is 5.73 Å². The SMILES string of the molecule is CCC(=O)OC(C)C.Cl.Cn1cc(CC(N)=O)c2ccccc21. The van der Waals surface area contributed by atoms with Gasteiger partial charge in [-0.25, -0.2) is 0 Å². The van der Waals surface area contributed by atoms with E-state index in [1.54, 1.807) is 6.92 Å². The zero-order valence-electron chi connectivity index (χ0n) is 14.0. The van der Waals surface area contributed by atoms with E-state index in [1.165, 1.54) is 0 Å². The van der Waals surface area contributed by atoms with Gasteiger partial charge in [0.25, 0.3) is 0 Å². The van der Waals surface area contributed by atoms with Crippen LogP contribution in [-0.4, -0.2) is 22.5 Å². The molecule has 0 atom stereocenters. The summed E-state index contributed by atoms with van der Waals surface area (Å²) in [5.74, 6) is -0.415. The van der Waals surface area contributed by atoms with Crippen LogP contribution >= 0.6 is 12.4 Å². The summed E-state index contributed by atoms with van der Waals surface area (Å²) in [7, 11) is 1.97. The van der Waals surface area contributed by atoms with Crippen LogP contribution in [0.25, 0.3) is 10.9 Å². The molecule has 1 aromatic heterocycles. The minimum atomic E-state index is -0.290. The first-order valence-electron chi connectivity index (χ1n) is 7.35. The molecular formula is C17H25ClN2O3. The lowest BCUT2D eigenvalue weighted by molar-refractivity contribution is -0.146. The van der Waals surface area contributed by atoms with Gasteiger partial charge in [-0.05, 0) is 25.5 Å². The smallest absolute Gasteiger partial charge is 0.305 e. The molecule has 0 aliphatic heterocycles. The summed E-state index contributed by atoms with van der Waals surface area (Å²) in [6, 6.07) is 7.98. The van der Waals surface area contributed by atoms with Crippen LogP contribution in [0.3, 0.4) is 0 Å². The number of esters is 1. The zero-order chi connectivity index (χ0) is 16.7. The number of hydrogen-bond donors (Lipinski definition) is 1. The van der Waals surface area contributed by atoms with Crippen molar-refractivity contribution < 1.29 is 14.3 Å². The second kappa shape index (κ2) is 9.90. The average molecular weight is 341 g/mol. The topological polar surface area (TPSA) is 74.3 Å². The molecule has 0 unspecified atom stereocenters. The molecule has 2 rings (SSSR count). The maximum Gasteiger partial charge on any atom is 0.305 e. The van der Waals surface area contributed by atoms with Crippen molar-refractivity contribution in [2.45, 2.75) is 39.7 Å². The zero-order valence-corrected chi connectivity index (χ0v) is 14.9. The first-order valence-corrected chi connectivity index (χ1v) is 7.35. The molecule has 0 saturated carbocycles. The van der Waals surface area contributed by atoms with Gasteiger partial charge < -0.3 is 15.0 Å². The lowest BCUT2D eigenvalue weighted by Crippen LogP contribution is -2.13. The van der Waals surface area contributed by atoms with E-state index in [1.807, 2.05) is 55.9 Å². The van der Waals surface area contributed by atoms with Gasteiger partial charge in [-0.15, -0.1) is 12.4 Å². The molecule has 128 valence electrons.